The zero-order valence-electron chi connectivity index (χ0n) is 14.2. The van der Waals surface area contributed by atoms with Crippen molar-refractivity contribution in [1.29, 1.82) is 0 Å². The normalized spacial score (nSPS) is 17.9. The van der Waals surface area contributed by atoms with Gasteiger partial charge >= 0.3 is 0 Å². The van der Waals surface area contributed by atoms with Crippen molar-refractivity contribution < 1.29 is 8.42 Å². The van der Waals surface area contributed by atoms with Gasteiger partial charge in [-0.2, -0.15) is 0 Å². The molecule has 1 aromatic heterocycles. The van der Waals surface area contributed by atoms with E-state index in [4.69, 9.17) is 0 Å². The lowest BCUT2D eigenvalue weighted by molar-refractivity contribution is 0.240. The molecule has 1 fully saturated rings. The first-order valence-electron chi connectivity index (χ1n) is 8.04. The molecule has 1 N–H and O–H groups in total. The number of hydrogen-bond donors (Lipinski definition) is 1. The van der Waals surface area contributed by atoms with Crippen molar-refractivity contribution in [3.8, 4) is 0 Å². The van der Waals surface area contributed by atoms with Crippen LogP contribution in [0.1, 0.15) is 33.6 Å². The monoisotopic (exact) mass is 337 g/mol. The molecule has 0 amide bonds. The molecule has 1 aromatic rings. The molecule has 0 radical (unpaired) electrons. The van der Waals surface area contributed by atoms with Crippen molar-refractivity contribution in [2.24, 2.45) is 0 Å². The van der Waals surface area contributed by atoms with Gasteiger partial charge in [0.05, 0.1) is 16.6 Å². The molecule has 128 valence electrons. The molecule has 23 heavy (non-hydrogen) atoms. The smallest absolute Gasteiger partial charge is 0.200 e. The lowest BCUT2D eigenvalue weighted by Gasteiger charge is -2.32. The zero-order chi connectivity index (χ0) is 17.1. The van der Waals surface area contributed by atoms with Crippen LogP contribution in [0, 0.1) is 0 Å². The van der Waals surface area contributed by atoms with Crippen molar-refractivity contribution >= 4 is 15.5 Å². The molecule has 0 saturated carbocycles. The number of rotatable bonds is 5. The molecule has 0 bridgehead atoms. The predicted molar refractivity (Wildman–Crippen MR) is 94.5 cm³/mol. The minimum Gasteiger partial charge on any atom is -0.381 e. The molecule has 0 spiro atoms. The number of anilines is 1. The molecule has 1 saturated heterocycles. The number of hydrogen-bond acceptors (Lipinski definition) is 5. The second kappa shape index (κ2) is 7.01. The van der Waals surface area contributed by atoms with Crippen molar-refractivity contribution in [1.82, 2.24) is 9.88 Å². The Balaban J connectivity index is 1.98. The van der Waals surface area contributed by atoms with E-state index in [-0.39, 0.29) is 5.03 Å². The van der Waals surface area contributed by atoms with Crippen LogP contribution in [0.3, 0.4) is 0 Å². The highest BCUT2D eigenvalue weighted by Gasteiger charge is 2.32. The first-order valence-corrected chi connectivity index (χ1v) is 9.53. The maximum Gasteiger partial charge on any atom is 0.200 e. The molecule has 0 unspecified atom stereocenters. The van der Waals surface area contributed by atoms with Crippen LogP contribution >= 0.6 is 0 Å². The average molecular weight is 337 g/mol. The van der Waals surface area contributed by atoms with Crippen LogP contribution in [0.2, 0.25) is 0 Å². The first-order chi connectivity index (χ1) is 10.7. The standard InChI is InChI=1S/C17H27N3O2S/c1-5-10-20-11-8-14(9-12-20)19-15-6-7-16(18-13-15)23(21,22)17(2,3)4/h5-7,13-14,19H,1,8-12H2,2-4H3. The molecule has 1 aliphatic rings. The van der Waals surface area contributed by atoms with Crippen molar-refractivity contribution in [2.75, 3.05) is 25.0 Å². The van der Waals surface area contributed by atoms with Gasteiger partial charge in [0.2, 0.25) is 0 Å². The molecule has 6 heteroatoms. The summed E-state index contributed by atoms with van der Waals surface area (Å²) in [6.45, 7) is 11.9. The van der Waals surface area contributed by atoms with Gasteiger partial charge in [0, 0.05) is 25.7 Å². The van der Waals surface area contributed by atoms with Gasteiger partial charge < -0.3 is 5.32 Å². The van der Waals surface area contributed by atoms with Gasteiger partial charge in [-0.3, -0.25) is 4.90 Å². The topological polar surface area (TPSA) is 62.3 Å². The quantitative estimate of drug-likeness (QED) is 0.837. The van der Waals surface area contributed by atoms with Gasteiger partial charge in [0.25, 0.3) is 0 Å². The van der Waals surface area contributed by atoms with Crippen molar-refractivity contribution in [3.05, 3.63) is 31.0 Å². The lowest BCUT2D eigenvalue weighted by Crippen LogP contribution is -2.39. The van der Waals surface area contributed by atoms with E-state index < -0.39 is 14.6 Å². The van der Waals surface area contributed by atoms with E-state index in [1.165, 1.54) is 0 Å². The van der Waals surface area contributed by atoms with Crippen LogP contribution < -0.4 is 5.32 Å². The van der Waals surface area contributed by atoms with Gasteiger partial charge in [-0.05, 0) is 45.7 Å². The van der Waals surface area contributed by atoms with Gasteiger partial charge in [-0.25, -0.2) is 13.4 Å². The Morgan fingerprint density at radius 1 is 1.35 bits per heavy atom. The number of pyridine rings is 1. The van der Waals surface area contributed by atoms with Crippen LogP contribution in [0.25, 0.3) is 0 Å². The van der Waals surface area contributed by atoms with Crippen LogP contribution in [0.4, 0.5) is 5.69 Å². The largest absolute Gasteiger partial charge is 0.381 e. The molecule has 1 aliphatic heterocycles. The third-order valence-corrected chi connectivity index (χ3v) is 6.57. The summed E-state index contributed by atoms with van der Waals surface area (Å²) in [4.78, 5) is 6.53. The molecule has 2 heterocycles. The Morgan fingerprint density at radius 3 is 2.48 bits per heavy atom. The third-order valence-electron chi connectivity index (χ3n) is 4.16. The maximum atomic E-state index is 12.4. The highest BCUT2D eigenvalue weighted by Crippen LogP contribution is 2.24. The summed E-state index contributed by atoms with van der Waals surface area (Å²) in [6, 6.07) is 3.81. The van der Waals surface area contributed by atoms with Crippen LogP contribution in [-0.2, 0) is 9.84 Å². The number of nitrogens with zero attached hydrogens (tertiary/aromatic N) is 2. The molecular weight excluding hydrogens is 310 g/mol. The lowest BCUT2D eigenvalue weighted by atomic mass is 10.0. The number of likely N-dealkylation sites (tertiary alicyclic amines) is 1. The van der Waals surface area contributed by atoms with Crippen LogP contribution in [0.5, 0.6) is 0 Å². The summed E-state index contributed by atoms with van der Waals surface area (Å²) in [7, 11) is -3.39. The van der Waals surface area contributed by atoms with E-state index in [1.54, 1.807) is 33.0 Å². The summed E-state index contributed by atoms with van der Waals surface area (Å²) in [5.41, 5.74) is 0.875. The molecular formula is C17H27N3O2S. The minimum absolute atomic E-state index is 0.136. The van der Waals surface area contributed by atoms with E-state index in [0.717, 1.165) is 38.2 Å². The fraction of sp³-hybridized carbons (Fsp3) is 0.588. The number of piperidine rings is 1. The molecule has 0 atom stereocenters. The van der Waals surface area contributed by atoms with Gasteiger partial charge in [0.15, 0.2) is 14.9 Å². The Labute approximate surface area is 139 Å². The number of aromatic nitrogens is 1. The Hall–Kier alpha value is -1.40. The SMILES string of the molecule is C=CCN1CCC(Nc2ccc(S(=O)(=O)C(C)(C)C)nc2)CC1. The van der Waals surface area contributed by atoms with Gasteiger partial charge in [-0.15, -0.1) is 6.58 Å². The zero-order valence-corrected chi connectivity index (χ0v) is 15.1. The second-order valence-electron chi connectivity index (χ2n) is 7.01. The highest BCUT2D eigenvalue weighted by molar-refractivity contribution is 7.92. The van der Waals surface area contributed by atoms with E-state index in [0.29, 0.717) is 6.04 Å². The summed E-state index contributed by atoms with van der Waals surface area (Å²) in [5, 5.41) is 3.59. The fourth-order valence-electron chi connectivity index (χ4n) is 2.62. The van der Waals surface area contributed by atoms with Gasteiger partial charge in [0.1, 0.15) is 0 Å². The number of nitrogens with one attached hydrogen (secondary N) is 1. The third kappa shape index (κ3) is 4.32. The Bertz CT molecular complexity index is 625. The molecule has 0 aliphatic carbocycles. The van der Waals surface area contributed by atoms with Crippen LogP contribution in [0.15, 0.2) is 36.0 Å². The van der Waals surface area contributed by atoms with E-state index in [9.17, 15) is 8.42 Å². The van der Waals surface area contributed by atoms with E-state index >= 15 is 0 Å². The Kier molecular flexibility index (Phi) is 5.47. The molecule has 5 nitrogen and oxygen atoms in total. The van der Waals surface area contributed by atoms with E-state index in [1.807, 2.05) is 12.1 Å². The summed E-state index contributed by atoms with van der Waals surface area (Å²) in [5.74, 6) is 0. The van der Waals surface area contributed by atoms with Crippen molar-refractivity contribution in [3.63, 3.8) is 0 Å². The molecule has 0 aromatic carbocycles. The fourth-order valence-corrected chi connectivity index (χ4v) is 3.68. The maximum absolute atomic E-state index is 12.4. The summed E-state index contributed by atoms with van der Waals surface area (Å²) < 4.78 is 23.9. The second-order valence-corrected chi connectivity index (χ2v) is 9.66. The molecule has 2 rings (SSSR count). The predicted octanol–water partition coefficient (Wildman–Crippen LogP) is 2.72. The van der Waals surface area contributed by atoms with E-state index in [2.05, 4.69) is 21.8 Å². The van der Waals surface area contributed by atoms with Crippen LogP contribution in [-0.4, -0.2) is 48.7 Å². The average Bonchev–Trinajstić information content (AvgIpc) is 2.49. The first kappa shape index (κ1) is 17.9. The summed E-state index contributed by atoms with van der Waals surface area (Å²) in [6.07, 6.45) is 5.69. The van der Waals surface area contributed by atoms with Crippen molar-refractivity contribution in [2.45, 2.75) is 49.4 Å². The number of sulfone groups is 1. The summed E-state index contributed by atoms with van der Waals surface area (Å²) >= 11 is 0. The highest BCUT2D eigenvalue weighted by atomic mass is 32.2. The van der Waals surface area contributed by atoms with Gasteiger partial charge in [-0.1, -0.05) is 6.08 Å². The Morgan fingerprint density at radius 2 is 2.00 bits per heavy atom. The minimum atomic E-state index is -3.39.